The lowest BCUT2D eigenvalue weighted by Gasteiger charge is -2.21. The van der Waals surface area contributed by atoms with Crippen molar-refractivity contribution in [2.45, 2.75) is 31.9 Å². The van der Waals surface area contributed by atoms with E-state index in [-0.39, 0.29) is 19.5 Å². The van der Waals surface area contributed by atoms with Crippen LogP contribution in [-0.2, 0) is 19.7 Å². The molecule has 0 aromatic heterocycles. The highest BCUT2D eigenvalue weighted by Crippen LogP contribution is 2.26. The Hall–Kier alpha value is -1.88. The fourth-order valence-electron chi connectivity index (χ4n) is 2.20. The molecule has 2 fully saturated rings. The number of rotatable bonds is 3. The molecule has 2 heterocycles. The van der Waals surface area contributed by atoms with Crippen molar-refractivity contribution in [2.75, 3.05) is 13.1 Å². The van der Waals surface area contributed by atoms with Gasteiger partial charge in [0.15, 0.2) is 0 Å². The normalized spacial score (nSPS) is 26.0. The number of urea groups is 1. The van der Waals surface area contributed by atoms with Gasteiger partial charge in [0.1, 0.15) is 5.54 Å². The summed E-state index contributed by atoms with van der Waals surface area (Å²) in [6, 6.07) is -0.661. The van der Waals surface area contributed by atoms with Gasteiger partial charge in [-0.15, -0.1) is 0 Å². The molecule has 0 aromatic rings. The van der Waals surface area contributed by atoms with E-state index in [1.807, 2.05) is 0 Å². The number of hydrogen-bond donors (Lipinski definition) is 3. The monoisotopic (exact) mass is 320 g/mol. The minimum atomic E-state index is -4.13. The van der Waals surface area contributed by atoms with Crippen LogP contribution in [-0.4, -0.2) is 55.5 Å². The Kier molecular flexibility index (Phi) is 3.80. The van der Waals surface area contributed by atoms with E-state index in [9.17, 15) is 22.8 Å². The number of nitrogens with zero attached hydrogens (tertiary/aromatic N) is 1. The summed E-state index contributed by atoms with van der Waals surface area (Å²) in [5, 5.41) is 4.48. The van der Waals surface area contributed by atoms with Gasteiger partial charge in [-0.3, -0.25) is 10.1 Å². The van der Waals surface area contributed by atoms with Crippen LogP contribution in [0.3, 0.4) is 0 Å². The van der Waals surface area contributed by atoms with E-state index in [1.54, 1.807) is 18.6 Å². The summed E-state index contributed by atoms with van der Waals surface area (Å²) in [5.41, 5.74) is -1.27. The predicted molar refractivity (Wildman–Crippen MR) is 69.3 cm³/mol. The first-order chi connectivity index (χ1) is 9.64. The third-order valence-electron chi connectivity index (χ3n) is 3.14. The fourth-order valence-corrected chi connectivity index (χ4v) is 3.31. The lowest BCUT2D eigenvalue weighted by atomic mass is 10.00. The third-order valence-corrected chi connectivity index (χ3v) is 4.56. The molecule has 4 amide bonds. The number of carbonyl (C=O) groups excluding carboxylic acids is 3. The van der Waals surface area contributed by atoms with Crippen LogP contribution in [0.2, 0.25) is 0 Å². The van der Waals surface area contributed by atoms with Gasteiger partial charge in [0.25, 0.3) is 5.91 Å². The zero-order chi connectivity index (χ0) is 15.8. The maximum Gasteiger partial charge on any atom is 0.422 e. The molecule has 2 aliphatic rings. The molecular formula is C10H16N4O6S. The molecule has 0 radical (unpaired) electrons. The average molecular weight is 320 g/mol. The Bertz CT molecular complexity index is 588. The van der Waals surface area contributed by atoms with E-state index in [0.29, 0.717) is 0 Å². The van der Waals surface area contributed by atoms with Crippen LogP contribution in [0.5, 0.6) is 0 Å². The van der Waals surface area contributed by atoms with Crippen molar-refractivity contribution in [3.05, 3.63) is 0 Å². The summed E-state index contributed by atoms with van der Waals surface area (Å²) in [6.45, 7) is 2.91. The highest BCUT2D eigenvalue weighted by molar-refractivity contribution is 7.87. The van der Waals surface area contributed by atoms with Crippen molar-refractivity contribution < 1.29 is 27.5 Å². The number of hydrogen-bond acceptors (Lipinski definition) is 6. The van der Waals surface area contributed by atoms with Gasteiger partial charge in [0, 0.05) is 13.1 Å². The van der Waals surface area contributed by atoms with E-state index in [0.717, 1.165) is 4.31 Å². The summed E-state index contributed by atoms with van der Waals surface area (Å²) in [6.07, 6.45) is -1.43. The Labute approximate surface area is 121 Å². The van der Waals surface area contributed by atoms with Gasteiger partial charge in [-0.25, -0.2) is 14.3 Å². The Morgan fingerprint density at radius 3 is 2.62 bits per heavy atom. The van der Waals surface area contributed by atoms with Crippen LogP contribution in [0.25, 0.3) is 0 Å². The minimum Gasteiger partial charge on any atom is -0.446 e. The Morgan fingerprint density at radius 1 is 1.43 bits per heavy atom. The molecule has 0 aromatic carbocycles. The van der Waals surface area contributed by atoms with Gasteiger partial charge in [0.05, 0.1) is 6.10 Å². The lowest BCUT2D eigenvalue weighted by molar-refractivity contribution is -0.123. The second kappa shape index (κ2) is 5.15. The first-order valence-electron chi connectivity index (χ1n) is 6.27. The standard InChI is InChI=1S/C10H16N4O6S/c1-6(2)20-9(17)13-21(18,19)14-4-3-10(5-14)7(15)11-8(16)12-10/h6H,3-5H2,1-2H3,(H,13,17)(H2,11,12,15,16). The molecule has 11 heteroatoms. The van der Waals surface area contributed by atoms with Gasteiger partial charge in [-0.2, -0.15) is 12.7 Å². The van der Waals surface area contributed by atoms with E-state index < -0.39 is 39.9 Å². The number of ether oxygens (including phenoxy) is 1. The molecule has 0 saturated carbocycles. The molecule has 0 aliphatic carbocycles. The quantitative estimate of drug-likeness (QED) is 0.550. The molecule has 1 atom stereocenters. The molecule has 0 bridgehead atoms. The van der Waals surface area contributed by atoms with Crippen molar-refractivity contribution in [1.29, 1.82) is 0 Å². The van der Waals surface area contributed by atoms with Gasteiger partial charge in [-0.05, 0) is 20.3 Å². The van der Waals surface area contributed by atoms with Crippen LogP contribution in [0.4, 0.5) is 9.59 Å². The first-order valence-corrected chi connectivity index (χ1v) is 7.71. The smallest absolute Gasteiger partial charge is 0.422 e. The highest BCUT2D eigenvalue weighted by Gasteiger charge is 2.53. The van der Waals surface area contributed by atoms with E-state index in [1.165, 1.54) is 0 Å². The number of nitrogens with one attached hydrogen (secondary N) is 3. The van der Waals surface area contributed by atoms with E-state index in [4.69, 9.17) is 4.74 Å². The second-order valence-electron chi connectivity index (χ2n) is 5.14. The largest absolute Gasteiger partial charge is 0.446 e. The molecule has 3 N–H and O–H groups in total. The van der Waals surface area contributed by atoms with Crippen molar-refractivity contribution in [1.82, 2.24) is 19.7 Å². The van der Waals surface area contributed by atoms with Gasteiger partial charge in [-0.1, -0.05) is 0 Å². The minimum absolute atomic E-state index is 0.00199. The molecule has 2 aliphatic heterocycles. The van der Waals surface area contributed by atoms with Gasteiger partial charge in [0.2, 0.25) is 0 Å². The molecule has 1 spiro atoms. The van der Waals surface area contributed by atoms with Crippen molar-refractivity contribution in [2.24, 2.45) is 0 Å². The van der Waals surface area contributed by atoms with E-state index >= 15 is 0 Å². The van der Waals surface area contributed by atoms with Crippen molar-refractivity contribution in [3.63, 3.8) is 0 Å². The molecular weight excluding hydrogens is 304 g/mol. The van der Waals surface area contributed by atoms with Crippen LogP contribution < -0.4 is 15.4 Å². The number of amides is 4. The summed E-state index contributed by atoms with van der Waals surface area (Å²) in [5.74, 6) is -0.574. The zero-order valence-corrected chi connectivity index (χ0v) is 12.3. The first kappa shape index (κ1) is 15.5. The number of carbonyl (C=O) groups is 3. The van der Waals surface area contributed by atoms with Gasteiger partial charge >= 0.3 is 22.3 Å². The Morgan fingerprint density at radius 2 is 2.10 bits per heavy atom. The predicted octanol–water partition coefficient (Wildman–Crippen LogP) is -1.35. The van der Waals surface area contributed by atoms with Crippen LogP contribution in [0.15, 0.2) is 0 Å². The zero-order valence-electron chi connectivity index (χ0n) is 11.5. The van der Waals surface area contributed by atoms with Crippen LogP contribution >= 0.6 is 0 Å². The summed E-state index contributed by atoms with van der Waals surface area (Å²) in [4.78, 5) is 34.3. The molecule has 21 heavy (non-hydrogen) atoms. The molecule has 2 rings (SSSR count). The number of imide groups is 1. The summed E-state index contributed by atoms with van der Waals surface area (Å²) < 4.78 is 31.4. The van der Waals surface area contributed by atoms with Crippen LogP contribution in [0.1, 0.15) is 20.3 Å². The Balaban J connectivity index is 2.05. The third kappa shape index (κ3) is 3.08. The van der Waals surface area contributed by atoms with Crippen molar-refractivity contribution >= 4 is 28.2 Å². The lowest BCUT2D eigenvalue weighted by Crippen LogP contribution is -2.51. The molecule has 10 nitrogen and oxygen atoms in total. The summed E-state index contributed by atoms with van der Waals surface area (Å²) in [7, 11) is -4.13. The SMILES string of the molecule is CC(C)OC(=O)NS(=O)(=O)N1CCC2(C1)NC(=O)NC2=O. The second-order valence-corrected chi connectivity index (χ2v) is 6.81. The summed E-state index contributed by atoms with van der Waals surface area (Å²) >= 11 is 0. The average Bonchev–Trinajstić information content (AvgIpc) is 2.83. The van der Waals surface area contributed by atoms with Gasteiger partial charge < -0.3 is 10.1 Å². The molecule has 1 unspecified atom stereocenters. The van der Waals surface area contributed by atoms with E-state index in [2.05, 4.69) is 10.6 Å². The van der Waals surface area contributed by atoms with Crippen molar-refractivity contribution in [3.8, 4) is 0 Å². The highest BCUT2D eigenvalue weighted by atomic mass is 32.2. The molecule has 118 valence electrons. The topological polar surface area (TPSA) is 134 Å². The maximum atomic E-state index is 12.0. The van der Waals surface area contributed by atoms with Crippen LogP contribution in [0, 0.1) is 0 Å². The maximum absolute atomic E-state index is 12.0. The fraction of sp³-hybridized carbons (Fsp3) is 0.700. The molecule has 2 saturated heterocycles.